The number of hydrogen-bond donors (Lipinski definition) is 2. The average molecular weight is 298 g/mol. The Hall–Kier alpha value is -1.43. The summed E-state index contributed by atoms with van der Waals surface area (Å²) in [5.41, 5.74) is 0. The Kier molecular flexibility index (Phi) is 7.22. The highest BCUT2D eigenvalue weighted by Gasteiger charge is 2.22. The van der Waals surface area contributed by atoms with E-state index in [-0.39, 0.29) is 17.6 Å². The quantitative estimate of drug-likeness (QED) is 0.769. The topological polar surface area (TPSA) is 71.3 Å². The Morgan fingerprint density at radius 1 is 1.40 bits per heavy atom. The summed E-state index contributed by atoms with van der Waals surface area (Å²) in [5.74, 6) is 0.892. The van der Waals surface area contributed by atoms with Crippen molar-refractivity contribution in [3.8, 4) is 0 Å². The summed E-state index contributed by atoms with van der Waals surface area (Å²) in [5, 5.41) is 5.57. The molecule has 0 radical (unpaired) electrons. The zero-order chi connectivity index (χ0) is 15.0. The van der Waals surface area contributed by atoms with E-state index < -0.39 is 6.04 Å². The van der Waals surface area contributed by atoms with Crippen molar-refractivity contribution in [1.82, 2.24) is 10.6 Å². The van der Waals surface area contributed by atoms with Crippen LogP contribution in [0.5, 0.6) is 0 Å². The zero-order valence-electron chi connectivity index (χ0n) is 12.1. The maximum absolute atomic E-state index is 12.1. The van der Waals surface area contributed by atoms with Crippen molar-refractivity contribution in [2.45, 2.75) is 26.3 Å². The lowest BCUT2D eigenvalue weighted by atomic mass is 10.1. The highest BCUT2D eigenvalue weighted by Crippen LogP contribution is 2.05. The van der Waals surface area contributed by atoms with E-state index in [0.29, 0.717) is 18.9 Å². The number of nitrogens with one attached hydrogen (secondary N) is 2. The van der Waals surface area contributed by atoms with Crippen LogP contribution in [-0.2, 0) is 4.79 Å². The predicted octanol–water partition coefficient (Wildman–Crippen LogP) is 1.90. The van der Waals surface area contributed by atoms with Gasteiger partial charge in [0.1, 0.15) is 6.04 Å². The average Bonchev–Trinajstić information content (AvgIpc) is 2.94. The van der Waals surface area contributed by atoms with Crippen molar-refractivity contribution in [3.63, 3.8) is 0 Å². The normalized spacial score (nSPS) is 12.2. The van der Waals surface area contributed by atoms with Crippen LogP contribution in [0, 0.1) is 5.92 Å². The lowest BCUT2D eigenvalue weighted by Crippen LogP contribution is -2.47. The molecular weight excluding hydrogens is 276 g/mol. The standard InChI is InChI=1S/C14H22N2O3S/c1-10(2)9-15-13(17)11(6-8-20-3)16-14(18)12-5-4-7-19-12/h4-5,7,10-11H,6,8-9H2,1-3H3,(H,15,17)(H,16,18). The summed E-state index contributed by atoms with van der Waals surface area (Å²) in [6, 6.07) is 2.69. The molecule has 0 bridgehead atoms. The van der Waals surface area contributed by atoms with E-state index in [1.165, 1.54) is 6.26 Å². The van der Waals surface area contributed by atoms with E-state index in [4.69, 9.17) is 4.42 Å². The van der Waals surface area contributed by atoms with Crippen LogP contribution in [0.3, 0.4) is 0 Å². The SMILES string of the molecule is CSCCC(NC(=O)c1ccco1)C(=O)NCC(C)C. The molecule has 0 aliphatic carbocycles. The summed E-state index contributed by atoms with van der Waals surface area (Å²) in [6.07, 6.45) is 4.00. The molecule has 1 heterocycles. The lowest BCUT2D eigenvalue weighted by molar-refractivity contribution is -0.123. The van der Waals surface area contributed by atoms with Crippen LogP contribution in [0.1, 0.15) is 30.8 Å². The first-order valence-electron chi connectivity index (χ1n) is 6.65. The summed E-state index contributed by atoms with van der Waals surface area (Å²) in [7, 11) is 0. The van der Waals surface area contributed by atoms with Gasteiger partial charge in [0.15, 0.2) is 5.76 Å². The molecule has 112 valence electrons. The number of amides is 2. The van der Waals surface area contributed by atoms with Crippen LogP contribution in [0.4, 0.5) is 0 Å². The van der Waals surface area contributed by atoms with Crippen LogP contribution >= 0.6 is 11.8 Å². The molecule has 1 aromatic heterocycles. The largest absolute Gasteiger partial charge is 0.459 e. The smallest absolute Gasteiger partial charge is 0.287 e. The summed E-state index contributed by atoms with van der Waals surface area (Å²) < 4.78 is 5.03. The predicted molar refractivity (Wildman–Crippen MR) is 80.8 cm³/mol. The molecule has 6 heteroatoms. The van der Waals surface area contributed by atoms with Gasteiger partial charge in [-0.2, -0.15) is 11.8 Å². The van der Waals surface area contributed by atoms with Gasteiger partial charge in [0.25, 0.3) is 5.91 Å². The molecule has 2 N–H and O–H groups in total. The fourth-order valence-corrected chi connectivity index (χ4v) is 2.04. The van der Waals surface area contributed by atoms with Gasteiger partial charge in [0, 0.05) is 6.54 Å². The number of furan rings is 1. The van der Waals surface area contributed by atoms with Gasteiger partial charge in [-0.15, -0.1) is 0 Å². The number of thioether (sulfide) groups is 1. The Balaban J connectivity index is 2.58. The third kappa shape index (κ3) is 5.69. The van der Waals surface area contributed by atoms with Gasteiger partial charge in [0.2, 0.25) is 5.91 Å². The fraction of sp³-hybridized carbons (Fsp3) is 0.571. The minimum Gasteiger partial charge on any atom is -0.459 e. The second-order valence-electron chi connectivity index (χ2n) is 4.92. The van der Waals surface area contributed by atoms with Crippen molar-refractivity contribution in [1.29, 1.82) is 0 Å². The van der Waals surface area contributed by atoms with Crippen molar-refractivity contribution < 1.29 is 14.0 Å². The third-order valence-corrected chi connectivity index (χ3v) is 3.31. The number of carbonyl (C=O) groups excluding carboxylic acids is 2. The molecule has 2 amide bonds. The molecule has 0 spiro atoms. The van der Waals surface area contributed by atoms with E-state index >= 15 is 0 Å². The zero-order valence-corrected chi connectivity index (χ0v) is 13.0. The first-order valence-corrected chi connectivity index (χ1v) is 8.05. The van der Waals surface area contributed by atoms with Gasteiger partial charge in [-0.1, -0.05) is 13.8 Å². The van der Waals surface area contributed by atoms with Crippen LogP contribution < -0.4 is 10.6 Å². The summed E-state index contributed by atoms with van der Waals surface area (Å²) in [4.78, 5) is 24.0. The van der Waals surface area contributed by atoms with Gasteiger partial charge in [-0.25, -0.2) is 0 Å². The Labute approximate surface area is 123 Å². The molecule has 0 saturated heterocycles. The minimum absolute atomic E-state index is 0.146. The lowest BCUT2D eigenvalue weighted by Gasteiger charge is -2.18. The fourth-order valence-electron chi connectivity index (χ4n) is 1.57. The van der Waals surface area contributed by atoms with Gasteiger partial charge in [0.05, 0.1) is 6.26 Å². The van der Waals surface area contributed by atoms with Crippen molar-refractivity contribution in [3.05, 3.63) is 24.2 Å². The van der Waals surface area contributed by atoms with Crippen LogP contribution in [0.15, 0.2) is 22.8 Å². The van der Waals surface area contributed by atoms with E-state index in [1.54, 1.807) is 23.9 Å². The van der Waals surface area contributed by atoms with E-state index in [9.17, 15) is 9.59 Å². The van der Waals surface area contributed by atoms with Crippen LogP contribution in [0.25, 0.3) is 0 Å². The van der Waals surface area contributed by atoms with E-state index in [0.717, 1.165) is 5.75 Å². The molecule has 0 fully saturated rings. The van der Waals surface area contributed by atoms with Crippen LogP contribution in [-0.4, -0.2) is 36.4 Å². The summed E-state index contributed by atoms with van der Waals surface area (Å²) in [6.45, 7) is 4.66. The number of rotatable bonds is 8. The van der Waals surface area contributed by atoms with Gasteiger partial charge < -0.3 is 15.1 Å². The maximum Gasteiger partial charge on any atom is 0.287 e. The molecule has 1 rings (SSSR count). The van der Waals surface area contributed by atoms with Crippen molar-refractivity contribution >= 4 is 23.6 Å². The van der Waals surface area contributed by atoms with Crippen molar-refractivity contribution in [2.24, 2.45) is 5.92 Å². The van der Waals surface area contributed by atoms with Crippen LogP contribution in [0.2, 0.25) is 0 Å². The third-order valence-electron chi connectivity index (χ3n) is 2.66. The Morgan fingerprint density at radius 2 is 2.15 bits per heavy atom. The summed E-state index contributed by atoms with van der Waals surface area (Å²) >= 11 is 1.64. The molecule has 1 atom stereocenters. The van der Waals surface area contributed by atoms with E-state index in [2.05, 4.69) is 10.6 Å². The molecule has 5 nitrogen and oxygen atoms in total. The second-order valence-corrected chi connectivity index (χ2v) is 5.91. The highest BCUT2D eigenvalue weighted by molar-refractivity contribution is 7.98. The highest BCUT2D eigenvalue weighted by atomic mass is 32.2. The number of hydrogen-bond acceptors (Lipinski definition) is 4. The Morgan fingerprint density at radius 3 is 2.70 bits per heavy atom. The monoisotopic (exact) mass is 298 g/mol. The molecule has 20 heavy (non-hydrogen) atoms. The molecule has 0 aliphatic heterocycles. The second kappa shape index (κ2) is 8.68. The maximum atomic E-state index is 12.1. The molecular formula is C14H22N2O3S. The van der Waals surface area contributed by atoms with Gasteiger partial charge >= 0.3 is 0 Å². The Bertz CT molecular complexity index is 418. The van der Waals surface area contributed by atoms with Gasteiger partial charge in [-0.05, 0) is 36.5 Å². The van der Waals surface area contributed by atoms with Crippen molar-refractivity contribution in [2.75, 3.05) is 18.6 Å². The molecule has 0 saturated carbocycles. The molecule has 1 unspecified atom stereocenters. The first kappa shape index (κ1) is 16.6. The molecule has 0 aliphatic rings. The van der Waals surface area contributed by atoms with E-state index in [1.807, 2.05) is 20.1 Å². The number of carbonyl (C=O) groups is 2. The first-order chi connectivity index (χ1) is 9.54. The molecule has 0 aromatic carbocycles. The van der Waals surface area contributed by atoms with Gasteiger partial charge in [-0.3, -0.25) is 9.59 Å². The minimum atomic E-state index is -0.529. The molecule has 1 aromatic rings.